The third kappa shape index (κ3) is 4.53. The van der Waals surface area contributed by atoms with Crippen molar-refractivity contribution in [2.45, 2.75) is 46.2 Å². The number of urea groups is 1. The van der Waals surface area contributed by atoms with E-state index in [2.05, 4.69) is 21.0 Å². The summed E-state index contributed by atoms with van der Waals surface area (Å²) < 4.78 is 1.94. The average Bonchev–Trinajstić information content (AvgIpc) is 2.87. The van der Waals surface area contributed by atoms with Gasteiger partial charge in [-0.1, -0.05) is 0 Å². The molecule has 2 heterocycles. The van der Waals surface area contributed by atoms with E-state index in [1.165, 1.54) is 17.5 Å². The Hall–Kier alpha value is -2.58. The van der Waals surface area contributed by atoms with Gasteiger partial charge in [-0.25, -0.2) is 4.79 Å². The molecule has 1 aliphatic rings. The lowest BCUT2D eigenvalue weighted by Gasteiger charge is -2.34. The zero-order chi connectivity index (χ0) is 19.3. The van der Waals surface area contributed by atoms with E-state index in [4.69, 9.17) is 0 Å². The number of carbonyl (C=O) groups is 3. The molecule has 0 aliphatic carbocycles. The molecular formula is C17H28N6O3. The number of aryl methyl sites for hydroxylation is 2. The van der Waals surface area contributed by atoms with Crippen molar-refractivity contribution in [2.75, 3.05) is 26.7 Å². The van der Waals surface area contributed by atoms with Crippen molar-refractivity contribution in [3.05, 3.63) is 17.0 Å². The topological polar surface area (TPSA) is 108 Å². The van der Waals surface area contributed by atoms with Crippen LogP contribution in [-0.4, -0.2) is 65.2 Å². The van der Waals surface area contributed by atoms with Gasteiger partial charge in [-0.15, -0.1) is 0 Å². The Labute approximate surface area is 153 Å². The predicted octanol–water partition coefficient (Wildman–Crippen LogP) is -0.155. The van der Waals surface area contributed by atoms with Crippen LogP contribution in [0.5, 0.6) is 0 Å². The fourth-order valence-electron chi connectivity index (χ4n) is 2.97. The molecule has 1 aromatic rings. The van der Waals surface area contributed by atoms with Crippen LogP contribution in [0.3, 0.4) is 0 Å². The van der Waals surface area contributed by atoms with Crippen LogP contribution in [0.15, 0.2) is 0 Å². The van der Waals surface area contributed by atoms with E-state index in [1.54, 1.807) is 0 Å². The van der Waals surface area contributed by atoms with E-state index in [0.29, 0.717) is 26.2 Å². The molecular weight excluding hydrogens is 336 g/mol. The Balaban J connectivity index is 1.86. The van der Waals surface area contributed by atoms with E-state index in [-0.39, 0.29) is 24.3 Å². The number of piperazine rings is 1. The molecule has 0 aromatic carbocycles. The Kier molecular flexibility index (Phi) is 6.59. The van der Waals surface area contributed by atoms with Crippen molar-refractivity contribution in [1.29, 1.82) is 0 Å². The van der Waals surface area contributed by atoms with Crippen molar-refractivity contribution in [3.63, 3.8) is 0 Å². The second-order valence-corrected chi connectivity index (χ2v) is 6.48. The molecule has 0 spiro atoms. The van der Waals surface area contributed by atoms with Crippen molar-refractivity contribution in [1.82, 2.24) is 30.6 Å². The van der Waals surface area contributed by atoms with Crippen molar-refractivity contribution in [3.8, 4) is 0 Å². The minimum Gasteiger partial charge on any atom is -0.359 e. The first-order valence-electron chi connectivity index (χ1n) is 8.88. The number of hydrogen-bond acceptors (Lipinski definition) is 4. The third-order valence-corrected chi connectivity index (χ3v) is 4.82. The molecule has 144 valence electrons. The second kappa shape index (κ2) is 8.68. The lowest BCUT2D eigenvalue weighted by Crippen LogP contribution is -2.60. The molecule has 4 amide bonds. The fourth-order valence-corrected chi connectivity index (χ4v) is 2.97. The lowest BCUT2D eigenvalue weighted by atomic mass is 10.1. The second-order valence-electron chi connectivity index (χ2n) is 6.48. The normalized spacial score (nSPS) is 17.0. The molecule has 3 N–H and O–H groups in total. The standard InChI is InChI=1S/C17H28N6O3/c1-11-12(2)21-23(13(11)3)8-5-6-20-17(26)22-9-7-19-16(25)14(22)10-15(24)18-4/h14H,5-10H2,1-4H3,(H,18,24)(H,19,25)(H,20,26)/t14-/m1/s1. The summed E-state index contributed by atoms with van der Waals surface area (Å²) in [5, 5.41) is 12.5. The highest BCUT2D eigenvalue weighted by atomic mass is 16.2. The third-order valence-electron chi connectivity index (χ3n) is 4.82. The van der Waals surface area contributed by atoms with E-state index in [1.807, 2.05) is 25.5 Å². The summed E-state index contributed by atoms with van der Waals surface area (Å²) in [5.74, 6) is -0.571. The number of rotatable bonds is 6. The maximum absolute atomic E-state index is 12.4. The van der Waals surface area contributed by atoms with Gasteiger partial charge in [0.05, 0.1) is 12.1 Å². The van der Waals surface area contributed by atoms with Crippen LogP contribution in [0, 0.1) is 20.8 Å². The number of carbonyl (C=O) groups excluding carboxylic acids is 3. The van der Waals surface area contributed by atoms with Gasteiger partial charge in [0, 0.05) is 38.9 Å². The summed E-state index contributed by atoms with van der Waals surface area (Å²) in [6.45, 7) is 8.02. The van der Waals surface area contributed by atoms with Crippen molar-refractivity contribution < 1.29 is 14.4 Å². The van der Waals surface area contributed by atoms with Gasteiger partial charge in [-0.3, -0.25) is 14.3 Å². The maximum atomic E-state index is 12.4. The first-order chi connectivity index (χ1) is 12.3. The van der Waals surface area contributed by atoms with E-state index in [9.17, 15) is 14.4 Å². The van der Waals surface area contributed by atoms with Gasteiger partial charge < -0.3 is 20.9 Å². The van der Waals surface area contributed by atoms with E-state index < -0.39 is 6.04 Å². The molecule has 1 saturated heterocycles. The van der Waals surface area contributed by atoms with Gasteiger partial charge in [0.2, 0.25) is 11.8 Å². The zero-order valence-corrected chi connectivity index (χ0v) is 15.9. The molecule has 1 aliphatic heterocycles. The molecule has 26 heavy (non-hydrogen) atoms. The molecule has 1 fully saturated rings. The Morgan fingerprint density at radius 1 is 1.31 bits per heavy atom. The van der Waals surface area contributed by atoms with Crippen LogP contribution in [0.1, 0.15) is 29.8 Å². The SMILES string of the molecule is CNC(=O)C[C@@H]1C(=O)NCCN1C(=O)NCCCn1nc(C)c(C)c1C. The number of nitrogens with zero attached hydrogens (tertiary/aromatic N) is 3. The van der Waals surface area contributed by atoms with Gasteiger partial charge in [-0.2, -0.15) is 5.10 Å². The van der Waals surface area contributed by atoms with Crippen LogP contribution in [-0.2, 0) is 16.1 Å². The molecule has 0 bridgehead atoms. The molecule has 1 atom stereocenters. The molecule has 2 rings (SSSR count). The summed E-state index contributed by atoms with van der Waals surface area (Å²) in [7, 11) is 1.51. The summed E-state index contributed by atoms with van der Waals surface area (Å²) in [6.07, 6.45) is 0.689. The molecule has 1 aromatic heterocycles. The summed E-state index contributed by atoms with van der Waals surface area (Å²) in [4.78, 5) is 37.5. The lowest BCUT2D eigenvalue weighted by molar-refractivity contribution is -0.132. The van der Waals surface area contributed by atoms with Crippen molar-refractivity contribution in [2.24, 2.45) is 0 Å². The maximum Gasteiger partial charge on any atom is 0.318 e. The summed E-state index contributed by atoms with van der Waals surface area (Å²) >= 11 is 0. The van der Waals surface area contributed by atoms with Gasteiger partial charge in [0.25, 0.3) is 0 Å². The van der Waals surface area contributed by atoms with E-state index >= 15 is 0 Å². The molecule has 0 radical (unpaired) electrons. The summed E-state index contributed by atoms with van der Waals surface area (Å²) in [5.41, 5.74) is 3.33. The van der Waals surface area contributed by atoms with Crippen LogP contribution >= 0.6 is 0 Å². The first-order valence-corrected chi connectivity index (χ1v) is 8.88. The quantitative estimate of drug-likeness (QED) is 0.610. The highest BCUT2D eigenvalue weighted by molar-refractivity contribution is 5.92. The molecule has 9 nitrogen and oxygen atoms in total. The first kappa shape index (κ1) is 19.7. The van der Waals surface area contributed by atoms with Gasteiger partial charge in [-0.05, 0) is 32.8 Å². The Bertz CT molecular complexity index is 684. The smallest absolute Gasteiger partial charge is 0.318 e. The summed E-state index contributed by atoms with van der Waals surface area (Å²) in [6, 6.07) is -1.10. The van der Waals surface area contributed by atoms with Gasteiger partial charge in [0.1, 0.15) is 6.04 Å². The highest BCUT2D eigenvalue weighted by Gasteiger charge is 2.34. The predicted molar refractivity (Wildman–Crippen MR) is 96.6 cm³/mol. The van der Waals surface area contributed by atoms with Crippen LogP contribution in [0.2, 0.25) is 0 Å². The molecule has 0 saturated carbocycles. The van der Waals surface area contributed by atoms with Crippen molar-refractivity contribution >= 4 is 17.8 Å². The highest BCUT2D eigenvalue weighted by Crippen LogP contribution is 2.11. The van der Waals surface area contributed by atoms with E-state index in [0.717, 1.165) is 17.8 Å². The zero-order valence-electron chi connectivity index (χ0n) is 15.9. The fraction of sp³-hybridized carbons (Fsp3) is 0.647. The van der Waals surface area contributed by atoms with Crippen LogP contribution in [0.4, 0.5) is 4.79 Å². The average molecular weight is 364 g/mol. The minimum atomic E-state index is -0.776. The largest absolute Gasteiger partial charge is 0.359 e. The van der Waals surface area contributed by atoms with Gasteiger partial charge >= 0.3 is 6.03 Å². The Morgan fingerprint density at radius 2 is 2.04 bits per heavy atom. The van der Waals surface area contributed by atoms with Crippen LogP contribution < -0.4 is 16.0 Å². The Morgan fingerprint density at radius 3 is 2.65 bits per heavy atom. The minimum absolute atomic E-state index is 0.0409. The number of hydrogen-bond donors (Lipinski definition) is 3. The number of nitrogens with one attached hydrogen (secondary N) is 3. The molecule has 9 heteroatoms. The monoisotopic (exact) mass is 364 g/mol. The van der Waals surface area contributed by atoms with Gasteiger partial charge in [0.15, 0.2) is 0 Å². The number of aromatic nitrogens is 2. The molecule has 0 unspecified atom stereocenters. The number of amides is 4. The van der Waals surface area contributed by atoms with Crippen LogP contribution in [0.25, 0.3) is 0 Å².